The van der Waals surface area contributed by atoms with Crippen LogP contribution in [-0.2, 0) is 0 Å². The fraction of sp³-hybridized carbons (Fsp3) is 0.250. The molecule has 13 heavy (non-hydrogen) atoms. The fourth-order valence-electron chi connectivity index (χ4n) is 0.770. The van der Waals surface area contributed by atoms with Gasteiger partial charge in [0.05, 0.1) is 6.61 Å². The fourth-order valence-corrected chi connectivity index (χ4v) is 1.09. The average molecular weight is 292 g/mol. The zero-order valence-corrected chi connectivity index (χ0v) is 8.98. The lowest BCUT2D eigenvalue weighted by Crippen LogP contribution is -2.27. The summed E-state index contributed by atoms with van der Waals surface area (Å²) in [4.78, 5) is 15.2. The van der Waals surface area contributed by atoms with Gasteiger partial charge in [-0.3, -0.25) is 4.79 Å². The lowest BCUT2D eigenvalue weighted by molar-refractivity contribution is 0.0940. The molecule has 0 atom stereocenters. The van der Waals surface area contributed by atoms with E-state index in [2.05, 4.69) is 32.9 Å². The smallest absolute Gasteiger partial charge is 0.269 e. The van der Waals surface area contributed by atoms with Crippen LogP contribution >= 0.6 is 22.6 Å². The van der Waals surface area contributed by atoms with Crippen LogP contribution in [-0.4, -0.2) is 29.1 Å². The third-order valence-corrected chi connectivity index (χ3v) is 2.00. The van der Waals surface area contributed by atoms with Crippen molar-refractivity contribution in [1.82, 2.24) is 10.3 Å². The summed E-state index contributed by atoms with van der Waals surface area (Å²) in [5, 5.41) is 11.0. The molecule has 70 valence electrons. The maximum Gasteiger partial charge on any atom is 0.269 e. The normalized spacial score (nSPS) is 9.69. The van der Waals surface area contributed by atoms with E-state index in [1.807, 2.05) is 0 Å². The van der Waals surface area contributed by atoms with E-state index in [1.54, 1.807) is 18.3 Å². The quantitative estimate of drug-likeness (QED) is 0.793. The minimum Gasteiger partial charge on any atom is -0.395 e. The number of halogens is 1. The Morgan fingerprint density at radius 1 is 1.62 bits per heavy atom. The van der Waals surface area contributed by atoms with Crippen LogP contribution in [0.15, 0.2) is 18.3 Å². The van der Waals surface area contributed by atoms with Crippen molar-refractivity contribution in [3.63, 3.8) is 0 Å². The van der Waals surface area contributed by atoms with Crippen LogP contribution in [0.4, 0.5) is 0 Å². The highest BCUT2D eigenvalue weighted by Gasteiger charge is 2.04. The molecule has 0 aromatic carbocycles. The number of aliphatic hydroxyl groups is 1. The summed E-state index contributed by atoms with van der Waals surface area (Å²) in [6, 6.07) is 3.45. The minimum atomic E-state index is -0.259. The van der Waals surface area contributed by atoms with Gasteiger partial charge < -0.3 is 10.4 Å². The van der Waals surface area contributed by atoms with Gasteiger partial charge >= 0.3 is 0 Å². The van der Waals surface area contributed by atoms with Crippen LogP contribution in [0.3, 0.4) is 0 Å². The molecule has 0 radical (unpaired) electrons. The highest BCUT2D eigenvalue weighted by Crippen LogP contribution is 2.02. The van der Waals surface area contributed by atoms with Gasteiger partial charge in [0.25, 0.3) is 5.91 Å². The summed E-state index contributed by atoms with van der Waals surface area (Å²) in [6.07, 6.45) is 1.62. The van der Waals surface area contributed by atoms with E-state index in [0.29, 0.717) is 5.69 Å². The molecule has 1 aromatic heterocycles. The molecular formula is C8H9IN2O2. The van der Waals surface area contributed by atoms with Crippen molar-refractivity contribution in [2.24, 2.45) is 0 Å². The van der Waals surface area contributed by atoms with E-state index in [0.717, 1.165) is 3.57 Å². The largest absolute Gasteiger partial charge is 0.395 e. The molecule has 0 aliphatic rings. The summed E-state index contributed by atoms with van der Waals surface area (Å²) in [5.41, 5.74) is 0.369. The number of carbonyl (C=O) groups is 1. The molecule has 0 saturated heterocycles. The van der Waals surface area contributed by atoms with E-state index < -0.39 is 0 Å². The van der Waals surface area contributed by atoms with Gasteiger partial charge in [-0.2, -0.15) is 0 Å². The Labute approximate surface area is 89.5 Å². The minimum absolute atomic E-state index is 0.0594. The van der Waals surface area contributed by atoms with Crippen molar-refractivity contribution in [3.8, 4) is 0 Å². The SMILES string of the molecule is O=C(NCCO)c1ccc(I)cn1. The van der Waals surface area contributed by atoms with E-state index in [9.17, 15) is 4.79 Å². The van der Waals surface area contributed by atoms with Crippen molar-refractivity contribution in [1.29, 1.82) is 0 Å². The molecule has 0 bridgehead atoms. The van der Waals surface area contributed by atoms with Crippen LogP contribution in [0, 0.1) is 3.57 Å². The van der Waals surface area contributed by atoms with Crippen LogP contribution < -0.4 is 5.32 Å². The number of pyridine rings is 1. The lowest BCUT2D eigenvalue weighted by atomic mass is 10.3. The molecular weight excluding hydrogens is 283 g/mol. The molecule has 1 aromatic rings. The molecule has 5 heteroatoms. The zero-order chi connectivity index (χ0) is 9.68. The first-order valence-electron chi connectivity index (χ1n) is 3.74. The maximum absolute atomic E-state index is 11.2. The molecule has 0 unspecified atom stereocenters. The maximum atomic E-state index is 11.2. The Kier molecular flexibility index (Phi) is 4.10. The average Bonchev–Trinajstić information content (AvgIpc) is 2.15. The Hall–Kier alpha value is -0.690. The second kappa shape index (κ2) is 5.13. The first kappa shape index (κ1) is 10.4. The summed E-state index contributed by atoms with van der Waals surface area (Å²) in [5.74, 6) is -0.259. The monoisotopic (exact) mass is 292 g/mol. The van der Waals surface area contributed by atoms with Crippen molar-refractivity contribution >= 4 is 28.5 Å². The van der Waals surface area contributed by atoms with Crippen molar-refractivity contribution in [3.05, 3.63) is 27.6 Å². The lowest BCUT2D eigenvalue weighted by Gasteiger charge is -2.01. The van der Waals surface area contributed by atoms with Crippen LogP contribution in [0.25, 0.3) is 0 Å². The van der Waals surface area contributed by atoms with Crippen molar-refractivity contribution < 1.29 is 9.90 Å². The topological polar surface area (TPSA) is 62.2 Å². The summed E-state index contributed by atoms with van der Waals surface area (Å²) < 4.78 is 0.983. The number of hydrogen-bond acceptors (Lipinski definition) is 3. The van der Waals surface area contributed by atoms with Gasteiger partial charge in [0.15, 0.2) is 0 Å². The number of aliphatic hydroxyl groups excluding tert-OH is 1. The number of rotatable bonds is 3. The van der Waals surface area contributed by atoms with Gasteiger partial charge in [-0.25, -0.2) is 4.98 Å². The van der Waals surface area contributed by atoms with Gasteiger partial charge in [0, 0.05) is 16.3 Å². The van der Waals surface area contributed by atoms with Crippen LogP contribution in [0.5, 0.6) is 0 Å². The molecule has 4 nitrogen and oxygen atoms in total. The van der Waals surface area contributed by atoms with Gasteiger partial charge in [-0.1, -0.05) is 0 Å². The standard InChI is InChI=1S/C8H9IN2O2/c9-6-1-2-7(11-5-6)8(13)10-3-4-12/h1-2,5,12H,3-4H2,(H,10,13). The first-order chi connectivity index (χ1) is 6.24. The van der Waals surface area contributed by atoms with Crippen molar-refractivity contribution in [2.75, 3.05) is 13.2 Å². The second-order valence-electron chi connectivity index (χ2n) is 2.34. The number of amides is 1. The predicted octanol–water partition coefficient (Wildman–Crippen LogP) is 0.408. The molecule has 0 spiro atoms. The Balaban J connectivity index is 2.61. The molecule has 1 heterocycles. The van der Waals surface area contributed by atoms with Crippen molar-refractivity contribution in [2.45, 2.75) is 0 Å². The summed E-state index contributed by atoms with van der Waals surface area (Å²) >= 11 is 2.11. The zero-order valence-electron chi connectivity index (χ0n) is 6.83. The molecule has 0 aliphatic carbocycles. The predicted molar refractivity (Wildman–Crippen MR) is 56.4 cm³/mol. The van der Waals surface area contributed by atoms with E-state index in [1.165, 1.54) is 0 Å². The van der Waals surface area contributed by atoms with Gasteiger partial charge in [0.1, 0.15) is 5.69 Å². The molecule has 0 saturated carbocycles. The number of carbonyl (C=O) groups excluding carboxylic acids is 1. The highest BCUT2D eigenvalue weighted by molar-refractivity contribution is 14.1. The number of aromatic nitrogens is 1. The van der Waals surface area contributed by atoms with E-state index >= 15 is 0 Å². The molecule has 1 rings (SSSR count). The first-order valence-corrected chi connectivity index (χ1v) is 4.82. The number of nitrogens with zero attached hydrogens (tertiary/aromatic N) is 1. The number of nitrogens with one attached hydrogen (secondary N) is 1. The number of hydrogen-bond donors (Lipinski definition) is 2. The molecule has 0 aliphatic heterocycles. The Morgan fingerprint density at radius 3 is 2.92 bits per heavy atom. The highest BCUT2D eigenvalue weighted by atomic mass is 127. The van der Waals surface area contributed by atoms with Gasteiger partial charge in [-0.15, -0.1) is 0 Å². The Morgan fingerprint density at radius 2 is 2.38 bits per heavy atom. The van der Waals surface area contributed by atoms with Crippen LogP contribution in [0.2, 0.25) is 0 Å². The van der Waals surface area contributed by atoms with Crippen LogP contribution in [0.1, 0.15) is 10.5 Å². The third kappa shape index (κ3) is 3.27. The van der Waals surface area contributed by atoms with Gasteiger partial charge in [-0.05, 0) is 34.7 Å². The van der Waals surface area contributed by atoms with E-state index in [4.69, 9.17) is 5.11 Å². The van der Waals surface area contributed by atoms with Gasteiger partial charge in [0.2, 0.25) is 0 Å². The third-order valence-electron chi connectivity index (χ3n) is 1.36. The molecule has 0 fully saturated rings. The summed E-state index contributed by atoms with van der Waals surface area (Å²) in [6.45, 7) is 0.197. The summed E-state index contributed by atoms with van der Waals surface area (Å²) in [7, 11) is 0. The second-order valence-corrected chi connectivity index (χ2v) is 3.59. The van der Waals surface area contributed by atoms with E-state index in [-0.39, 0.29) is 19.1 Å². The molecule has 2 N–H and O–H groups in total. The molecule has 1 amide bonds. The Bertz CT molecular complexity index is 287.